The molecular formula is C19H21N3O3. The number of hydrogen-bond acceptors (Lipinski definition) is 4. The van der Waals surface area contributed by atoms with Gasteiger partial charge in [-0.15, -0.1) is 0 Å². The number of rotatable bonds is 4. The van der Waals surface area contributed by atoms with E-state index in [1.54, 1.807) is 0 Å². The quantitative estimate of drug-likeness (QED) is 0.793. The molecule has 0 atom stereocenters. The van der Waals surface area contributed by atoms with E-state index in [4.69, 9.17) is 4.42 Å². The average Bonchev–Trinajstić information content (AvgIpc) is 3.02. The van der Waals surface area contributed by atoms with E-state index in [0.29, 0.717) is 17.6 Å². The molecule has 2 aromatic heterocycles. The Hall–Kier alpha value is -2.63. The van der Waals surface area contributed by atoms with Gasteiger partial charge in [-0.1, -0.05) is 31.4 Å². The summed E-state index contributed by atoms with van der Waals surface area (Å²) in [5.74, 6) is -0.0106. The van der Waals surface area contributed by atoms with Crippen molar-refractivity contribution in [3.63, 3.8) is 0 Å². The fraction of sp³-hybridized carbons (Fsp3) is 0.421. The number of amides is 1. The second-order valence-electron chi connectivity index (χ2n) is 6.67. The van der Waals surface area contributed by atoms with E-state index in [9.17, 15) is 9.59 Å². The first kappa shape index (κ1) is 15.9. The summed E-state index contributed by atoms with van der Waals surface area (Å²) in [5, 5.41) is 3.90. The van der Waals surface area contributed by atoms with Gasteiger partial charge in [-0.2, -0.15) is 0 Å². The van der Waals surface area contributed by atoms with Crippen molar-refractivity contribution in [2.45, 2.75) is 51.1 Å². The van der Waals surface area contributed by atoms with Crippen molar-refractivity contribution in [1.82, 2.24) is 14.9 Å². The molecule has 1 saturated carbocycles. The van der Waals surface area contributed by atoms with Gasteiger partial charge in [0.05, 0.1) is 6.33 Å². The zero-order chi connectivity index (χ0) is 17.2. The Morgan fingerprint density at radius 3 is 2.88 bits per heavy atom. The predicted octanol–water partition coefficient (Wildman–Crippen LogP) is 2.98. The number of benzene rings is 1. The molecule has 2 heterocycles. The highest BCUT2D eigenvalue weighted by Gasteiger charge is 2.17. The summed E-state index contributed by atoms with van der Waals surface area (Å²) in [6.07, 6.45) is 7.49. The Morgan fingerprint density at radius 2 is 2.04 bits per heavy atom. The van der Waals surface area contributed by atoms with Gasteiger partial charge >= 0.3 is 0 Å². The molecule has 3 aromatic rings. The highest BCUT2D eigenvalue weighted by Crippen LogP contribution is 2.24. The lowest BCUT2D eigenvalue weighted by atomic mass is 9.95. The minimum Gasteiger partial charge on any atom is -0.448 e. The lowest BCUT2D eigenvalue weighted by molar-refractivity contribution is -0.122. The molecule has 1 aliphatic rings. The lowest BCUT2D eigenvalue weighted by Gasteiger charge is -2.22. The SMILES string of the molecule is O=C(CCn1cnc2c(oc3ccccc32)c1=O)NC1CCCCC1. The monoisotopic (exact) mass is 339 g/mol. The molecule has 0 unspecified atom stereocenters. The maximum absolute atomic E-state index is 12.6. The third-order valence-electron chi connectivity index (χ3n) is 4.90. The minimum absolute atomic E-state index is 0.0106. The average molecular weight is 339 g/mol. The van der Waals surface area contributed by atoms with Crippen molar-refractivity contribution in [2.24, 2.45) is 0 Å². The van der Waals surface area contributed by atoms with Crippen LogP contribution in [-0.4, -0.2) is 21.5 Å². The van der Waals surface area contributed by atoms with Crippen molar-refractivity contribution < 1.29 is 9.21 Å². The molecule has 25 heavy (non-hydrogen) atoms. The van der Waals surface area contributed by atoms with Crippen molar-refractivity contribution in [3.05, 3.63) is 40.9 Å². The Balaban J connectivity index is 1.49. The Morgan fingerprint density at radius 1 is 1.24 bits per heavy atom. The molecule has 0 radical (unpaired) electrons. The third kappa shape index (κ3) is 3.16. The molecule has 130 valence electrons. The van der Waals surface area contributed by atoms with Crippen molar-refractivity contribution >= 4 is 28.0 Å². The van der Waals surface area contributed by atoms with Gasteiger partial charge < -0.3 is 9.73 Å². The maximum atomic E-state index is 12.6. The largest absolute Gasteiger partial charge is 0.448 e. The van der Waals surface area contributed by atoms with Crippen LogP contribution in [0.4, 0.5) is 0 Å². The zero-order valence-corrected chi connectivity index (χ0v) is 14.0. The van der Waals surface area contributed by atoms with Crippen molar-refractivity contribution in [1.29, 1.82) is 0 Å². The van der Waals surface area contributed by atoms with Gasteiger partial charge in [0, 0.05) is 24.4 Å². The smallest absolute Gasteiger partial charge is 0.297 e. The summed E-state index contributed by atoms with van der Waals surface area (Å²) in [4.78, 5) is 29.1. The van der Waals surface area contributed by atoms with Crippen LogP contribution in [0.1, 0.15) is 38.5 Å². The highest BCUT2D eigenvalue weighted by molar-refractivity contribution is 6.01. The van der Waals surface area contributed by atoms with E-state index in [-0.39, 0.29) is 29.5 Å². The first-order valence-corrected chi connectivity index (χ1v) is 8.88. The van der Waals surface area contributed by atoms with Crippen molar-refractivity contribution in [2.75, 3.05) is 0 Å². The van der Waals surface area contributed by atoms with Crippen LogP contribution in [0.15, 0.2) is 39.8 Å². The van der Waals surface area contributed by atoms with Gasteiger partial charge in [-0.25, -0.2) is 4.98 Å². The number of aromatic nitrogens is 2. The molecule has 0 spiro atoms. The number of carbonyl (C=O) groups excluding carboxylic acids is 1. The summed E-state index contributed by atoms with van der Waals surface area (Å²) >= 11 is 0. The fourth-order valence-corrected chi connectivity index (χ4v) is 3.54. The number of nitrogens with one attached hydrogen (secondary N) is 1. The van der Waals surface area contributed by atoms with Gasteiger partial charge in [0.15, 0.2) is 0 Å². The van der Waals surface area contributed by atoms with Gasteiger partial charge in [0.25, 0.3) is 5.56 Å². The van der Waals surface area contributed by atoms with E-state index >= 15 is 0 Å². The predicted molar refractivity (Wildman–Crippen MR) is 95.4 cm³/mol. The van der Waals surface area contributed by atoms with E-state index in [2.05, 4.69) is 10.3 Å². The maximum Gasteiger partial charge on any atom is 0.297 e. The van der Waals surface area contributed by atoms with Gasteiger partial charge in [-0.05, 0) is 25.0 Å². The molecule has 6 nitrogen and oxygen atoms in total. The van der Waals surface area contributed by atoms with Crippen molar-refractivity contribution in [3.8, 4) is 0 Å². The van der Waals surface area contributed by atoms with Crippen LogP contribution in [-0.2, 0) is 11.3 Å². The van der Waals surface area contributed by atoms with E-state index in [1.165, 1.54) is 30.2 Å². The molecule has 1 N–H and O–H groups in total. The molecule has 0 saturated heterocycles. The summed E-state index contributed by atoms with van der Waals surface area (Å²) < 4.78 is 7.11. The summed E-state index contributed by atoms with van der Waals surface area (Å²) in [7, 11) is 0. The van der Waals surface area contributed by atoms with E-state index in [0.717, 1.165) is 18.2 Å². The summed E-state index contributed by atoms with van der Waals surface area (Å²) in [5.41, 5.74) is 1.22. The fourth-order valence-electron chi connectivity index (χ4n) is 3.54. The molecule has 1 aliphatic carbocycles. The van der Waals surface area contributed by atoms with Crippen LogP contribution >= 0.6 is 0 Å². The number of nitrogens with zero attached hydrogens (tertiary/aromatic N) is 2. The number of furan rings is 1. The topological polar surface area (TPSA) is 77.1 Å². The molecule has 1 fully saturated rings. The Labute approximate surface area is 144 Å². The standard InChI is InChI=1S/C19H21N3O3/c23-16(21-13-6-2-1-3-7-13)10-11-22-12-20-17-14-8-4-5-9-15(14)25-18(17)19(22)24/h4-5,8-9,12-13H,1-3,6-7,10-11H2,(H,21,23). The lowest BCUT2D eigenvalue weighted by Crippen LogP contribution is -2.37. The van der Waals surface area contributed by atoms with E-state index < -0.39 is 0 Å². The number of carbonyl (C=O) groups is 1. The molecule has 1 amide bonds. The van der Waals surface area contributed by atoms with Crippen LogP contribution in [0, 0.1) is 0 Å². The zero-order valence-electron chi connectivity index (χ0n) is 14.0. The highest BCUT2D eigenvalue weighted by atomic mass is 16.3. The summed E-state index contributed by atoms with van der Waals surface area (Å²) in [6, 6.07) is 7.74. The second-order valence-corrected chi connectivity index (χ2v) is 6.67. The number of hydrogen-bond donors (Lipinski definition) is 1. The van der Waals surface area contributed by atoms with Crippen LogP contribution in [0.2, 0.25) is 0 Å². The first-order chi connectivity index (χ1) is 12.2. The normalized spacial score (nSPS) is 15.7. The third-order valence-corrected chi connectivity index (χ3v) is 4.90. The van der Waals surface area contributed by atoms with Crippen LogP contribution in [0.5, 0.6) is 0 Å². The van der Waals surface area contributed by atoms with Gasteiger partial charge in [-0.3, -0.25) is 14.2 Å². The van der Waals surface area contributed by atoms with Gasteiger partial charge in [0.1, 0.15) is 11.1 Å². The first-order valence-electron chi connectivity index (χ1n) is 8.88. The van der Waals surface area contributed by atoms with Crippen LogP contribution in [0.25, 0.3) is 22.1 Å². The molecular weight excluding hydrogens is 318 g/mol. The number of para-hydroxylation sites is 1. The number of fused-ring (bicyclic) bond motifs is 3. The van der Waals surface area contributed by atoms with Crippen LogP contribution < -0.4 is 10.9 Å². The van der Waals surface area contributed by atoms with Crippen LogP contribution in [0.3, 0.4) is 0 Å². The van der Waals surface area contributed by atoms with Gasteiger partial charge in [0.2, 0.25) is 11.5 Å². The molecule has 1 aromatic carbocycles. The Bertz CT molecular complexity index is 967. The second kappa shape index (κ2) is 6.70. The minimum atomic E-state index is -0.244. The molecule has 0 bridgehead atoms. The molecule has 0 aliphatic heterocycles. The Kier molecular flexibility index (Phi) is 4.26. The summed E-state index contributed by atoms with van der Waals surface area (Å²) in [6.45, 7) is 0.303. The molecule has 4 rings (SSSR count). The van der Waals surface area contributed by atoms with E-state index in [1.807, 2.05) is 24.3 Å². The number of aryl methyl sites for hydroxylation is 1. The molecule has 6 heteroatoms.